The molecule has 0 heterocycles. The summed E-state index contributed by atoms with van der Waals surface area (Å²) in [4.78, 5) is 3.72. The lowest BCUT2D eigenvalue weighted by Gasteiger charge is -2.32. The lowest BCUT2D eigenvalue weighted by Crippen LogP contribution is -2.40. The molecule has 0 amide bonds. The third-order valence-electron chi connectivity index (χ3n) is 4.21. The zero-order valence-corrected chi connectivity index (χ0v) is 14.8. The average Bonchev–Trinajstić information content (AvgIpc) is 2.64. The monoisotopic (exact) mass is 360 g/mol. The van der Waals surface area contributed by atoms with Gasteiger partial charge in [0.25, 0.3) is 0 Å². The van der Waals surface area contributed by atoms with Gasteiger partial charge in [-0.05, 0) is 48.5 Å². The second-order valence-corrected chi connectivity index (χ2v) is 6.08. The molecule has 0 spiro atoms. The fourth-order valence-electron chi connectivity index (χ4n) is 2.83. The Morgan fingerprint density at radius 1 is 0.731 bits per heavy atom. The van der Waals surface area contributed by atoms with Crippen LogP contribution in [-0.2, 0) is 0 Å². The summed E-state index contributed by atoms with van der Waals surface area (Å²) in [6.45, 7) is 1.26. The number of aliphatic hydroxyl groups is 3. The smallest absolute Gasteiger partial charge is 0.128 e. The molecular weight excluding hydrogens is 332 g/mol. The van der Waals surface area contributed by atoms with Gasteiger partial charge in [-0.2, -0.15) is 0 Å². The SMILES string of the molecule is Nc1ccc(N(CCO)CCC(O)N(CCO)c2ccc(N)cc2)cc1. The van der Waals surface area contributed by atoms with Gasteiger partial charge in [0, 0.05) is 48.8 Å². The Balaban J connectivity index is 2.05. The van der Waals surface area contributed by atoms with Gasteiger partial charge in [-0.1, -0.05) is 0 Å². The minimum Gasteiger partial charge on any atom is -0.399 e. The number of hydrogen-bond donors (Lipinski definition) is 5. The van der Waals surface area contributed by atoms with Crippen molar-refractivity contribution in [1.82, 2.24) is 0 Å². The first kappa shape index (κ1) is 19.8. The molecule has 0 aliphatic carbocycles. The fraction of sp³-hybridized carbons (Fsp3) is 0.368. The lowest BCUT2D eigenvalue weighted by molar-refractivity contribution is 0.151. The highest BCUT2D eigenvalue weighted by Gasteiger charge is 2.17. The van der Waals surface area contributed by atoms with Gasteiger partial charge < -0.3 is 36.6 Å². The number of hydrogen-bond acceptors (Lipinski definition) is 7. The first-order valence-electron chi connectivity index (χ1n) is 8.67. The van der Waals surface area contributed by atoms with Crippen molar-refractivity contribution in [2.24, 2.45) is 0 Å². The van der Waals surface area contributed by atoms with Gasteiger partial charge in [-0.25, -0.2) is 0 Å². The summed E-state index contributed by atoms with van der Waals surface area (Å²) < 4.78 is 0. The second kappa shape index (κ2) is 9.86. The van der Waals surface area contributed by atoms with Crippen molar-refractivity contribution in [3.8, 4) is 0 Å². The van der Waals surface area contributed by atoms with Crippen LogP contribution in [0.25, 0.3) is 0 Å². The predicted octanol–water partition coefficient (Wildman–Crippen LogP) is 0.857. The maximum atomic E-state index is 10.6. The summed E-state index contributed by atoms with van der Waals surface area (Å²) in [6, 6.07) is 14.6. The minimum absolute atomic E-state index is 0.0127. The molecule has 0 aromatic heterocycles. The Morgan fingerprint density at radius 2 is 1.23 bits per heavy atom. The molecule has 2 aromatic rings. The summed E-state index contributed by atoms with van der Waals surface area (Å²) in [5.41, 5.74) is 14.5. The molecule has 1 unspecified atom stereocenters. The van der Waals surface area contributed by atoms with Gasteiger partial charge in [0.2, 0.25) is 0 Å². The normalized spacial score (nSPS) is 12.0. The topological polar surface area (TPSA) is 119 Å². The molecule has 0 fully saturated rings. The van der Waals surface area contributed by atoms with Crippen LogP contribution in [0.1, 0.15) is 6.42 Å². The highest BCUT2D eigenvalue weighted by molar-refractivity contribution is 5.54. The van der Waals surface area contributed by atoms with Gasteiger partial charge >= 0.3 is 0 Å². The maximum absolute atomic E-state index is 10.6. The van der Waals surface area contributed by atoms with E-state index in [1.807, 2.05) is 41.3 Å². The van der Waals surface area contributed by atoms with E-state index in [0.717, 1.165) is 11.4 Å². The van der Waals surface area contributed by atoms with Gasteiger partial charge in [0.1, 0.15) is 6.23 Å². The van der Waals surface area contributed by atoms with Crippen molar-refractivity contribution in [3.05, 3.63) is 48.5 Å². The van der Waals surface area contributed by atoms with Gasteiger partial charge in [-0.3, -0.25) is 0 Å². The van der Waals surface area contributed by atoms with Crippen LogP contribution in [0.5, 0.6) is 0 Å². The molecule has 0 aliphatic rings. The summed E-state index contributed by atoms with van der Waals surface area (Å²) in [7, 11) is 0. The van der Waals surface area contributed by atoms with Crippen molar-refractivity contribution >= 4 is 22.7 Å². The molecule has 26 heavy (non-hydrogen) atoms. The molecule has 7 heteroatoms. The van der Waals surface area contributed by atoms with Crippen molar-refractivity contribution in [2.45, 2.75) is 12.6 Å². The first-order chi connectivity index (χ1) is 12.5. The average molecular weight is 360 g/mol. The van der Waals surface area contributed by atoms with Gasteiger partial charge in [0.05, 0.1) is 13.2 Å². The summed E-state index contributed by atoms with van der Waals surface area (Å²) in [5.74, 6) is 0. The fourth-order valence-corrected chi connectivity index (χ4v) is 2.83. The van der Waals surface area contributed by atoms with Crippen molar-refractivity contribution in [3.63, 3.8) is 0 Å². The van der Waals surface area contributed by atoms with Crippen LogP contribution in [0.15, 0.2) is 48.5 Å². The van der Waals surface area contributed by atoms with Crippen molar-refractivity contribution in [1.29, 1.82) is 0 Å². The number of rotatable bonds is 10. The zero-order valence-electron chi connectivity index (χ0n) is 14.8. The van der Waals surface area contributed by atoms with E-state index >= 15 is 0 Å². The molecule has 7 nitrogen and oxygen atoms in total. The molecule has 2 rings (SSSR count). The third kappa shape index (κ3) is 5.52. The van der Waals surface area contributed by atoms with Crippen LogP contribution >= 0.6 is 0 Å². The Morgan fingerprint density at radius 3 is 1.73 bits per heavy atom. The highest BCUT2D eigenvalue weighted by Crippen LogP contribution is 2.21. The molecule has 0 aliphatic heterocycles. The number of benzene rings is 2. The van der Waals surface area contributed by atoms with Crippen LogP contribution in [0.4, 0.5) is 22.7 Å². The lowest BCUT2D eigenvalue weighted by atomic mass is 10.2. The van der Waals surface area contributed by atoms with E-state index in [0.29, 0.717) is 37.4 Å². The number of aliphatic hydroxyl groups excluding tert-OH is 3. The van der Waals surface area contributed by atoms with E-state index in [1.165, 1.54) is 0 Å². The molecule has 0 saturated heterocycles. The van der Waals surface area contributed by atoms with E-state index < -0.39 is 6.23 Å². The maximum Gasteiger partial charge on any atom is 0.128 e. The van der Waals surface area contributed by atoms with Crippen molar-refractivity contribution < 1.29 is 15.3 Å². The van der Waals surface area contributed by atoms with E-state index in [4.69, 9.17) is 11.5 Å². The molecule has 142 valence electrons. The molecule has 0 radical (unpaired) electrons. The summed E-state index contributed by atoms with van der Waals surface area (Å²) >= 11 is 0. The minimum atomic E-state index is -0.777. The summed E-state index contributed by atoms with van der Waals surface area (Å²) in [6.07, 6.45) is -0.338. The third-order valence-corrected chi connectivity index (χ3v) is 4.21. The van der Waals surface area contributed by atoms with Gasteiger partial charge in [0.15, 0.2) is 0 Å². The molecular formula is C19H28N4O3. The standard InChI is InChI=1S/C19H28N4O3/c20-15-1-5-17(6-2-15)22(11-13-24)10-9-19(26)23(12-14-25)18-7-3-16(21)4-8-18/h1-8,19,24-26H,9-14,20-21H2. The Bertz CT molecular complexity index is 649. The molecule has 7 N–H and O–H groups in total. The highest BCUT2D eigenvalue weighted by atomic mass is 16.3. The van der Waals surface area contributed by atoms with Crippen LogP contribution in [0.2, 0.25) is 0 Å². The van der Waals surface area contributed by atoms with Gasteiger partial charge in [-0.15, -0.1) is 0 Å². The van der Waals surface area contributed by atoms with Crippen molar-refractivity contribution in [2.75, 3.05) is 54.1 Å². The number of nitrogens with zero attached hydrogens (tertiary/aromatic N) is 2. The Hall–Kier alpha value is -2.48. The van der Waals surface area contributed by atoms with Crippen LogP contribution in [-0.4, -0.2) is 54.4 Å². The quantitative estimate of drug-likeness (QED) is 0.315. The Kier molecular flexibility index (Phi) is 7.53. The number of nitrogen functional groups attached to an aromatic ring is 2. The van der Waals surface area contributed by atoms with E-state index in [9.17, 15) is 15.3 Å². The molecule has 2 aromatic carbocycles. The van der Waals surface area contributed by atoms with Crippen LogP contribution in [0.3, 0.4) is 0 Å². The Labute approximate surface area is 154 Å². The zero-order chi connectivity index (χ0) is 18.9. The molecule has 1 atom stereocenters. The first-order valence-corrected chi connectivity index (χ1v) is 8.67. The van der Waals surface area contributed by atoms with Crippen LogP contribution in [0, 0.1) is 0 Å². The predicted molar refractivity (Wildman–Crippen MR) is 106 cm³/mol. The largest absolute Gasteiger partial charge is 0.399 e. The van der Waals surface area contributed by atoms with Crippen LogP contribution < -0.4 is 21.3 Å². The second-order valence-electron chi connectivity index (χ2n) is 6.08. The van der Waals surface area contributed by atoms with E-state index in [1.54, 1.807) is 17.0 Å². The van der Waals surface area contributed by atoms with E-state index in [2.05, 4.69) is 0 Å². The molecule has 0 saturated carbocycles. The summed E-state index contributed by atoms with van der Waals surface area (Å²) in [5, 5.41) is 29.3. The molecule has 0 bridgehead atoms. The number of nitrogens with two attached hydrogens (primary N) is 2. The van der Waals surface area contributed by atoms with E-state index in [-0.39, 0.29) is 13.2 Å². The number of anilines is 4.